The highest BCUT2D eigenvalue weighted by Gasteiger charge is 1.90. The van der Waals surface area contributed by atoms with Gasteiger partial charge in [-0.1, -0.05) is 19.6 Å². The van der Waals surface area contributed by atoms with Crippen LogP contribution in [-0.4, -0.2) is 16.2 Å². The molecule has 0 fully saturated rings. The minimum absolute atomic E-state index is 0.176. The number of aliphatic carboxylic acids is 1. The van der Waals surface area contributed by atoms with Gasteiger partial charge in [0.1, 0.15) is 0 Å². The SMILES string of the molecule is C=C(C)C(=O)O.CCC=CO. The average molecular weight is 158 g/mol. The number of hydrogen-bond acceptors (Lipinski definition) is 2. The summed E-state index contributed by atoms with van der Waals surface area (Å²) in [6.45, 7) is 6.57. The third-order valence-corrected chi connectivity index (χ3v) is 0.706. The van der Waals surface area contributed by atoms with Gasteiger partial charge in [-0.15, -0.1) is 0 Å². The summed E-state index contributed by atoms with van der Waals surface area (Å²) < 4.78 is 0. The molecule has 0 aliphatic carbocycles. The lowest BCUT2D eigenvalue weighted by Gasteiger charge is -1.79. The zero-order valence-electron chi connectivity index (χ0n) is 6.87. The van der Waals surface area contributed by atoms with Gasteiger partial charge < -0.3 is 10.2 Å². The number of aliphatic hydroxyl groups is 1. The Kier molecular flexibility index (Phi) is 9.89. The zero-order chi connectivity index (χ0) is 9.28. The second-order valence-electron chi connectivity index (χ2n) is 1.88. The Morgan fingerprint density at radius 3 is 2.00 bits per heavy atom. The van der Waals surface area contributed by atoms with Gasteiger partial charge in [-0.25, -0.2) is 4.79 Å². The summed E-state index contributed by atoms with van der Waals surface area (Å²) in [7, 11) is 0. The lowest BCUT2D eigenvalue weighted by molar-refractivity contribution is -0.132. The molecule has 0 aliphatic rings. The van der Waals surface area contributed by atoms with Crippen LogP contribution in [0.4, 0.5) is 0 Å². The minimum Gasteiger partial charge on any atom is -0.516 e. The van der Waals surface area contributed by atoms with Gasteiger partial charge in [0.15, 0.2) is 0 Å². The summed E-state index contributed by atoms with van der Waals surface area (Å²) in [5, 5.41) is 15.8. The van der Waals surface area contributed by atoms with Crippen LogP contribution < -0.4 is 0 Å². The van der Waals surface area contributed by atoms with E-state index in [0.29, 0.717) is 0 Å². The van der Waals surface area contributed by atoms with E-state index >= 15 is 0 Å². The first-order valence-corrected chi connectivity index (χ1v) is 3.24. The van der Waals surface area contributed by atoms with E-state index in [4.69, 9.17) is 10.2 Å². The Bertz CT molecular complexity index is 135. The van der Waals surface area contributed by atoms with E-state index in [1.165, 1.54) is 6.92 Å². The van der Waals surface area contributed by atoms with E-state index in [0.717, 1.165) is 12.7 Å². The Balaban J connectivity index is 0. The molecule has 64 valence electrons. The Hall–Kier alpha value is -1.25. The fraction of sp³-hybridized carbons (Fsp3) is 0.375. The smallest absolute Gasteiger partial charge is 0.330 e. The molecule has 0 heterocycles. The van der Waals surface area contributed by atoms with Crippen LogP contribution in [0.5, 0.6) is 0 Å². The Labute approximate surface area is 66.7 Å². The molecule has 0 aromatic carbocycles. The normalized spacial score (nSPS) is 8.55. The summed E-state index contributed by atoms with van der Waals surface area (Å²) >= 11 is 0. The van der Waals surface area contributed by atoms with Crippen molar-refractivity contribution in [1.82, 2.24) is 0 Å². The quantitative estimate of drug-likeness (QED) is 0.478. The number of hydrogen-bond donors (Lipinski definition) is 2. The molecule has 0 saturated heterocycles. The lowest BCUT2D eigenvalue weighted by Crippen LogP contribution is -1.92. The number of carboxylic acid groups (broad SMARTS) is 1. The number of carbonyl (C=O) groups is 1. The molecule has 3 nitrogen and oxygen atoms in total. The first kappa shape index (κ1) is 12.4. The van der Waals surface area contributed by atoms with Gasteiger partial charge in [-0.3, -0.25) is 0 Å². The van der Waals surface area contributed by atoms with Gasteiger partial charge in [0.25, 0.3) is 0 Å². The van der Waals surface area contributed by atoms with Crippen molar-refractivity contribution >= 4 is 5.97 Å². The highest BCUT2D eigenvalue weighted by Crippen LogP contribution is 1.81. The molecule has 0 bridgehead atoms. The molecule has 0 aromatic heterocycles. The number of carboxylic acids is 1. The van der Waals surface area contributed by atoms with Gasteiger partial charge in [-0.2, -0.15) is 0 Å². The topological polar surface area (TPSA) is 57.5 Å². The number of rotatable bonds is 2. The average Bonchev–Trinajstić information content (AvgIpc) is 1.90. The van der Waals surface area contributed by atoms with Crippen LogP contribution in [0.15, 0.2) is 24.5 Å². The monoisotopic (exact) mass is 158 g/mol. The van der Waals surface area contributed by atoms with Crippen LogP contribution in [0.3, 0.4) is 0 Å². The molecule has 0 spiro atoms. The first-order valence-electron chi connectivity index (χ1n) is 3.24. The van der Waals surface area contributed by atoms with Gasteiger partial charge in [0.05, 0.1) is 6.26 Å². The van der Waals surface area contributed by atoms with E-state index in [1.807, 2.05) is 6.92 Å². The summed E-state index contributed by atoms with van der Waals surface area (Å²) in [4.78, 5) is 9.60. The zero-order valence-corrected chi connectivity index (χ0v) is 6.87. The van der Waals surface area contributed by atoms with Crippen molar-refractivity contribution in [3.8, 4) is 0 Å². The molecule has 0 atom stereocenters. The molecule has 0 rings (SSSR count). The second kappa shape index (κ2) is 8.75. The molecule has 0 amide bonds. The molecule has 0 aromatic rings. The van der Waals surface area contributed by atoms with Gasteiger partial charge in [0.2, 0.25) is 0 Å². The molecule has 0 aliphatic heterocycles. The third kappa shape index (κ3) is 17.7. The molecular formula is C8H14O3. The maximum atomic E-state index is 9.60. The number of aliphatic hydroxyl groups excluding tert-OH is 1. The van der Waals surface area contributed by atoms with Crippen molar-refractivity contribution in [3.05, 3.63) is 24.5 Å². The highest BCUT2D eigenvalue weighted by molar-refractivity contribution is 5.84. The first-order chi connectivity index (χ1) is 5.06. The van der Waals surface area contributed by atoms with Gasteiger partial charge in [0, 0.05) is 5.57 Å². The summed E-state index contributed by atoms with van der Waals surface area (Å²) in [6, 6.07) is 0. The maximum absolute atomic E-state index is 9.60. The Morgan fingerprint density at radius 1 is 1.64 bits per heavy atom. The van der Waals surface area contributed by atoms with Crippen molar-refractivity contribution in [1.29, 1.82) is 0 Å². The predicted octanol–water partition coefficient (Wildman–Crippen LogP) is 2.12. The van der Waals surface area contributed by atoms with Crippen molar-refractivity contribution in [3.63, 3.8) is 0 Å². The van der Waals surface area contributed by atoms with Crippen LogP contribution in [0.1, 0.15) is 20.3 Å². The summed E-state index contributed by atoms with van der Waals surface area (Å²) in [6.07, 6.45) is 3.65. The highest BCUT2D eigenvalue weighted by atomic mass is 16.4. The minimum atomic E-state index is -0.935. The van der Waals surface area contributed by atoms with E-state index in [-0.39, 0.29) is 5.57 Å². The number of allylic oxidation sites excluding steroid dienone is 1. The van der Waals surface area contributed by atoms with Crippen LogP contribution in [0.25, 0.3) is 0 Å². The van der Waals surface area contributed by atoms with E-state index in [9.17, 15) is 4.79 Å². The molecule has 0 unspecified atom stereocenters. The largest absolute Gasteiger partial charge is 0.516 e. The van der Waals surface area contributed by atoms with Crippen molar-refractivity contribution in [2.45, 2.75) is 20.3 Å². The fourth-order valence-electron chi connectivity index (χ4n) is 0.105. The van der Waals surface area contributed by atoms with Crippen LogP contribution in [0, 0.1) is 0 Å². The van der Waals surface area contributed by atoms with Crippen molar-refractivity contribution in [2.24, 2.45) is 0 Å². The van der Waals surface area contributed by atoms with Crippen LogP contribution >= 0.6 is 0 Å². The molecule has 0 saturated carbocycles. The Morgan fingerprint density at radius 2 is 2.00 bits per heavy atom. The fourth-order valence-corrected chi connectivity index (χ4v) is 0.105. The van der Waals surface area contributed by atoms with Crippen LogP contribution in [-0.2, 0) is 4.79 Å². The standard InChI is InChI=1S/C4H6O2.C4H8O/c1-3(2)4(5)6;1-2-3-4-5/h1H2,2H3,(H,5,6);3-5H,2H2,1H3. The van der Waals surface area contributed by atoms with Crippen molar-refractivity contribution in [2.75, 3.05) is 0 Å². The molecule has 11 heavy (non-hydrogen) atoms. The van der Waals surface area contributed by atoms with E-state index < -0.39 is 5.97 Å². The van der Waals surface area contributed by atoms with Crippen molar-refractivity contribution < 1.29 is 15.0 Å². The van der Waals surface area contributed by atoms with Gasteiger partial charge >= 0.3 is 5.97 Å². The summed E-state index contributed by atoms with van der Waals surface area (Å²) in [5.74, 6) is -0.935. The van der Waals surface area contributed by atoms with Crippen LogP contribution in [0.2, 0.25) is 0 Å². The predicted molar refractivity (Wildman–Crippen MR) is 44.5 cm³/mol. The van der Waals surface area contributed by atoms with E-state index in [1.54, 1.807) is 6.08 Å². The third-order valence-electron chi connectivity index (χ3n) is 0.706. The van der Waals surface area contributed by atoms with E-state index in [2.05, 4.69) is 6.58 Å². The van der Waals surface area contributed by atoms with Gasteiger partial charge in [-0.05, 0) is 13.3 Å². The maximum Gasteiger partial charge on any atom is 0.330 e. The molecule has 0 radical (unpaired) electrons. The lowest BCUT2D eigenvalue weighted by atomic mass is 10.4. The second-order valence-corrected chi connectivity index (χ2v) is 1.88. The molecular weight excluding hydrogens is 144 g/mol. The molecule has 2 N–H and O–H groups in total. The summed E-state index contributed by atoms with van der Waals surface area (Å²) in [5.41, 5.74) is 0.176. The molecule has 3 heteroatoms.